The van der Waals surface area contributed by atoms with Gasteiger partial charge < -0.3 is 5.32 Å². The molecule has 1 aromatic carbocycles. The van der Waals surface area contributed by atoms with Crippen molar-refractivity contribution in [2.45, 2.75) is 45.2 Å². The lowest BCUT2D eigenvalue weighted by atomic mass is 9.71. The fourth-order valence-corrected chi connectivity index (χ4v) is 3.37. The van der Waals surface area contributed by atoms with Crippen molar-refractivity contribution in [2.75, 3.05) is 13.1 Å². The number of alkyl halides is 3. The van der Waals surface area contributed by atoms with Crippen LogP contribution in [-0.4, -0.2) is 13.1 Å². The summed E-state index contributed by atoms with van der Waals surface area (Å²) in [6.45, 7) is 6.06. The van der Waals surface area contributed by atoms with E-state index in [0.29, 0.717) is 11.8 Å². The molecule has 1 saturated carbocycles. The summed E-state index contributed by atoms with van der Waals surface area (Å²) in [7, 11) is 0. The Morgan fingerprint density at radius 3 is 2.67 bits per heavy atom. The Labute approximate surface area is 124 Å². The Kier molecular flexibility index (Phi) is 5.31. The third-order valence-corrected chi connectivity index (χ3v) is 4.55. The van der Waals surface area contributed by atoms with Gasteiger partial charge in [0.15, 0.2) is 0 Å². The van der Waals surface area contributed by atoms with Crippen molar-refractivity contribution in [3.8, 4) is 0 Å². The van der Waals surface area contributed by atoms with Gasteiger partial charge in [-0.25, -0.2) is 0 Å². The normalized spacial score (nSPS) is 26.8. The second kappa shape index (κ2) is 6.82. The fraction of sp³-hybridized carbons (Fsp3) is 0.647. The Bertz CT molecular complexity index is 454. The molecule has 1 nitrogen and oxygen atoms in total. The van der Waals surface area contributed by atoms with Crippen LogP contribution in [0, 0.1) is 11.8 Å². The van der Waals surface area contributed by atoms with E-state index in [1.807, 2.05) is 6.07 Å². The predicted molar refractivity (Wildman–Crippen MR) is 79.2 cm³/mol. The van der Waals surface area contributed by atoms with Crippen molar-refractivity contribution < 1.29 is 13.2 Å². The van der Waals surface area contributed by atoms with E-state index in [0.717, 1.165) is 37.6 Å². The van der Waals surface area contributed by atoms with E-state index >= 15 is 0 Å². The van der Waals surface area contributed by atoms with Crippen LogP contribution in [0.1, 0.15) is 50.2 Å². The van der Waals surface area contributed by atoms with Crippen LogP contribution < -0.4 is 5.32 Å². The lowest BCUT2D eigenvalue weighted by molar-refractivity contribution is -0.137. The molecule has 0 amide bonds. The van der Waals surface area contributed by atoms with E-state index in [4.69, 9.17) is 0 Å². The Morgan fingerprint density at radius 2 is 2.00 bits per heavy atom. The third kappa shape index (κ3) is 4.22. The minimum Gasteiger partial charge on any atom is -0.317 e. The molecule has 3 atom stereocenters. The van der Waals surface area contributed by atoms with Crippen molar-refractivity contribution in [3.05, 3.63) is 35.4 Å². The molecule has 1 aliphatic rings. The summed E-state index contributed by atoms with van der Waals surface area (Å²) in [6, 6.07) is 5.91. The predicted octanol–water partition coefficient (Wildman–Crippen LogP) is 4.83. The molecule has 0 radical (unpaired) electrons. The van der Waals surface area contributed by atoms with Crippen LogP contribution in [0.2, 0.25) is 0 Å². The number of hydrogen-bond acceptors (Lipinski definition) is 1. The summed E-state index contributed by atoms with van der Waals surface area (Å²) in [5.41, 5.74) is 0.319. The maximum atomic E-state index is 12.9. The van der Waals surface area contributed by atoms with E-state index in [9.17, 15) is 13.2 Å². The molecule has 1 aromatic rings. The van der Waals surface area contributed by atoms with Gasteiger partial charge in [-0.2, -0.15) is 13.2 Å². The van der Waals surface area contributed by atoms with E-state index in [1.165, 1.54) is 12.5 Å². The van der Waals surface area contributed by atoms with Crippen LogP contribution >= 0.6 is 0 Å². The summed E-state index contributed by atoms with van der Waals surface area (Å²) >= 11 is 0. The molecule has 21 heavy (non-hydrogen) atoms. The Morgan fingerprint density at radius 1 is 1.24 bits per heavy atom. The molecule has 4 heteroatoms. The molecule has 0 spiro atoms. The Balaban J connectivity index is 2.23. The van der Waals surface area contributed by atoms with Gasteiger partial charge in [0, 0.05) is 0 Å². The van der Waals surface area contributed by atoms with Crippen molar-refractivity contribution in [1.29, 1.82) is 0 Å². The highest BCUT2D eigenvalue weighted by atomic mass is 19.4. The molecule has 1 fully saturated rings. The molecule has 2 rings (SSSR count). The van der Waals surface area contributed by atoms with Gasteiger partial charge in [0.1, 0.15) is 0 Å². The largest absolute Gasteiger partial charge is 0.416 e. The van der Waals surface area contributed by atoms with Gasteiger partial charge in [-0.3, -0.25) is 0 Å². The van der Waals surface area contributed by atoms with E-state index < -0.39 is 11.7 Å². The van der Waals surface area contributed by atoms with E-state index in [2.05, 4.69) is 19.2 Å². The van der Waals surface area contributed by atoms with Gasteiger partial charge in [0.05, 0.1) is 5.56 Å². The van der Waals surface area contributed by atoms with Crippen molar-refractivity contribution in [1.82, 2.24) is 5.32 Å². The standard InChI is InChI=1S/C17H24F3N/c1-3-21-11-14-8-7-12(2)9-16(14)13-5-4-6-15(10-13)17(18,19)20/h4-6,10,12,14,16,21H,3,7-9,11H2,1-2H3. The van der Waals surface area contributed by atoms with Gasteiger partial charge >= 0.3 is 6.18 Å². The zero-order chi connectivity index (χ0) is 15.5. The van der Waals surface area contributed by atoms with Crippen LogP contribution in [0.15, 0.2) is 24.3 Å². The molecule has 0 bridgehead atoms. The first-order valence-electron chi connectivity index (χ1n) is 7.79. The number of hydrogen-bond donors (Lipinski definition) is 1. The number of benzene rings is 1. The van der Waals surface area contributed by atoms with Crippen LogP contribution in [0.4, 0.5) is 13.2 Å². The average Bonchev–Trinajstić information content (AvgIpc) is 2.45. The zero-order valence-electron chi connectivity index (χ0n) is 12.7. The summed E-state index contributed by atoms with van der Waals surface area (Å²) in [5.74, 6) is 1.25. The number of nitrogens with one attached hydrogen (secondary N) is 1. The average molecular weight is 299 g/mol. The van der Waals surface area contributed by atoms with Crippen LogP contribution in [-0.2, 0) is 6.18 Å². The van der Waals surface area contributed by atoms with Crippen molar-refractivity contribution in [2.24, 2.45) is 11.8 Å². The molecule has 0 saturated heterocycles. The molecular formula is C17H24F3N. The summed E-state index contributed by atoms with van der Waals surface area (Å²) in [5, 5.41) is 3.36. The second-order valence-electron chi connectivity index (χ2n) is 6.22. The molecule has 0 aromatic heterocycles. The molecule has 0 aliphatic heterocycles. The molecule has 118 valence electrons. The quantitative estimate of drug-likeness (QED) is 0.839. The minimum absolute atomic E-state index is 0.232. The number of rotatable bonds is 4. The first-order chi connectivity index (χ1) is 9.91. The molecular weight excluding hydrogens is 275 g/mol. The molecule has 1 aliphatic carbocycles. The Hall–Kier alpha value is -1.03. The minimum atomic E-state index is -4.26. The highest BCUT2D eigenvalue weighted by Gasteiger charge is 2.33. The lowest BCUT2D eigenvalue weighted by Gasteiger charge is -2.35. The van der Waals surface area contributed by atoms with Gasteiger partial charge in [-0.1, -0.05) is 38.5 Å². The van der Waals surface area contributed by atoms with Crippen molar-refractivity contribution in [3.63, 3.8) is 0 Å². The summed E-state index contributed by atoms with van der Waals surface area (Å²) < 4.78 is 38.7. The first-order valence-corrected chi connectivity index (χ1v) is 7.79. The third-order valence-electron chi connectivity index (χ3n) is 4.55. The maximum Gasteiger partial charge on any atom is 0.416 e. The zero-order valence-corrected chi connectivity index (χ0v) is 12.7. The van der Waals surface area contributed by atoms with Gasteiger partial charge in [0.25, 0.3) is 0 Å². The highest BCUT2D eigenvalue weighted by molar-refractivity contribution is 5.29. The monoisotopic (exact) mass is 299 g/mol. The molecule has 1 N–H and O–H groups in total. The molecule has 0 heterocycles. The topological polar surface area (TPSA) is 12.0 Å². The fourth-order valence-electron chi connectivity index (χ4n) is 3.37. The second-order valence-corrected chi connectivity index (χ2v) is 6.22. The van der Waals surface area contributed by atoms with Crippen molar-refractivity contribution >= 4 is 0 Å². The van der Waals surface area contributed by atoms with E-state index in [1.54, 1.807) is 6.07 Å². The van der Waals surface area contributed by atoms with Gasteiger partial charge in [0.2, 0.25) is 0 Å². The lowest BCUT2D eigenvalue weighted by Crippen LogP contribution is -2.31. The van der Waals surface area contributed by atoms with E-state index in [-0.39, 0.29) is 5.92 Å². The van der Waals surface area contributed by atoms with Crippen LogP contribution in [0.25, 0.3) is 0 Å². The first kappa shape index (κ1) is 16.3. The number of halogens is 3. The molecule has 3 unspecified atom stereocenters. The maximum absolute atomic E-state index is 12.9. The van der Waals surface area contributed by atoms with Gasteiger partial charge in [-0.15, -0.1) is 0 Å². The SMILES string of the molecule is CCNCC1CCC(C)CC1c1cccc(C(F)(F)F)c1. The van der Waals surface area contributed by atoms with Gasteiger partial charge in [-0.05, 0) is 55.3 Å². The summed E-state index contributed by atoms with van der Waals surface area (Å²) in [4.78, 5) is 0. The van der Waals surface area contributed by atoms with Crippen LogP contribution in [0.5, 0.6) is 0 Å². The highest BCUT2D eigenvalue weighted by Crippen LogP contribution is 2.41. The van der Waals surface area contributed by atoms with Crippen LogP contribution in [0.3, 0.4) is 0 Å². The smallest absolute Gasteiger partial charge is 0.317 e. The summed E-state index contributed by atoms with van der Waals surface area (Å²) in [6.07, 6.45) is -1.01.